The fraction of sp³-hybridized carbons (Fsp3) is 0.667. The van der Waals surface area contributed by atoms with Crippen molar-refractivity contribution in [3.8, 4) is 0 Å². The van der Waals surface area contributed by atoms with Crippen molar-refractivity contribution < 1.29 is 9.53 Å². The summed E-state index contributed by atoms with van der Waals surface area (Å²) in [5.41, 5.74) is 0.545. The number of anilines is 1. The molecule has 0 aromatic carbocycles. The minimum atomic E-state index is -0.0257. The summed E-state index contributed by atoms with van der Waals surface area (Å²) in [5.74, 6) is 1.38. The van der Waals surface area contributed by atoms with Crippen molar-refractivity contribution in [1.29, 1.82) is 0 Å². The van der Waals surface area contributed by atoms with Crippen molar-refractivity contribution in [2.45, 2.75) is 12.8 Å². The molecular weight excluding hydrogens is 340 g/mol. The molecule has 0 radical (unpaired) electrons. The Balaban J connectivity index is 1.63. The molecule has 2 saturated heterocycles. The molecule has 0 spiro atoms. The van der Waals surface area contributed by atoms with Gasteiger partial charge in [-0.1, -0.05) is 11.6 Å². The van der Waals surface area contributed by atoms with Crippen LogP contribution in [0.2, 0.25) is 5.02 Å². The van der Waals surface area contributed by atoms with Gasteiger partial charge in [-0.05, 0) is 45.0 Å². The predicted octanol–water partition coefficient (Wildman–Crippen LogP) is 1.99. The van der Waals surface area contributed by atoms with Gasteiger partial charge in [0.2, 0.25) is 0 Å². The smallest absolute Gasteiger partial charge is 0.255 e. The van der Waals surface area contributed by atoms with E-state index < -0.39 is 0 Å². The summed E-state index contributed by atoms with van der Waals surface area (Å²) in [5, 5.41) is 0.537. The molecule has 2 aliphatic heterocycles. The maximum atomic E-state index is 12.5. The van der Waals surface area contributed by atoms with E-state index in [0.29, 0.717) is 42.8 Å². The van der Waals surface area contributed by atoms with E-state index in [1.54, 1.807) is 17.2 Å². The number of ether oxygens (including phenoxy) is 1. The number of halogens is 1. The summed E-state index contributed by atoms with van der Waals surface area (Å²) in [6.45, 7) is 5.65. The minimum absolute atomic E-state index is 0.0257. The number of carbonyl (C=O) groups excluding carboxylic acids is 1. The van der Waals surface area contributed by atoms with Gasteiger partial charge in [-0.25, -0.2) is 4.98 Å². The van der Waals surface area contributed by atoms with Crippen LogP contribution in [0, 0.1) is 5.92 Å². The van der Waals surface area contributed by atoms with E-state index in [1.807, 2.05) is 7.05 Å². The number of amides is 1. The molecule has 0 atom stereocenters. The first-order chi connectivity index (χ1) is 12.0. The molecule has 1 amide bonds. The summed E-state index contributed by atoms with van der Waals surface area (Å²) < 4.78 is 5.29. The minimum Gasteiger partial charge on any atom is -0.378 e. The first kappa shape index (κ1) is 18.4. The molecule has 0 saturated carbocycles. The van der Waals surface area contributed by atoms with Crippen LogP contribution in [0.1, 0.15) is 23.2 Å². The van der Waals surface area contributed by atoms with Crippen LogP contribution in [0.5, 0.6) is 0 Å². The lowest BCUT2D eigenvalue weighted by Gasteiger charge is -2.32. The average molecular weight is 367 g/mol. The number of morpholine rings is 1. The fourth-order valence-electron chi connectivity index (χ4n) is 3.50. The number of hydrogen-bond donors (Lipinski definition) is 0. The standard InChI is InChI=1S/C18H27ClN4O2/c1-21-5-3-14(4-6-21)13-22(2)17-16(19)11-15(12-20-17)18(24)23-7-9-25-10-8-23/h11-12,14H,3-10,13H2,1-2H3. The van der Waals surface area contributed by atoms with Gasteiger partial charge in [-0.15, -0.1) is 0 Å². The van der Waals surface area contributed by atoms with Crippen LogP contribution in [0.25, 0.3) is 0 Å². The van der Waals surface area contributed by atoms with Crippen LogP contribution >= 0.6 is 11.6 Å². The second-order valence-corrected chi connectivity index (χ2v) is 7.47. The van der Waals surface area contributed by atoms with Crippen LogP contribution in [0.4, 0.5) is 5.82 Å². The van der Waals surface area contributed by atoms with Crippen LogP contribution in [0.15, 0.2) is 12.3 Å². The van der Waals surface area contributed by atoms with E-state index >= 15 is 0 Å². The molecule has 25 heavy (non-hydrogen) atoms. The topological polar surface area (TPSA) is 48.9 Å². The number of aromatic nitrogens is 1. The highest BCUT2D eigenvalue weighted by atomic mass is 35.5. The summed E-state index contributed by atoms with van der Waals surface area (Å²) in [7, 11) is 4.19. The summed E-state index contributed by atoms with van der Waals surface area (Å²) in [6.07, 6.45) is 4.04. The van der Waals surface area contributed by atoms with Gasteiger partial charge in [-0.2, -0.15) is 0 Å². The van der Waals surface area contributed by atoms with Crippen LogP contribution in [-0.2, 0) is 4.74 Å². The van der Waals surface area contributed by atoms with E-state index in [2.05, 4.69) is 21.8 Å². The molecule has 3 rings (SSSR count). The Morgan fingerprint density at radius 1 is 1.32 bits per heavy atom. The van der Waals surface area contributed by atoms with E-state index in [0.717, 1.165) is 25.5 Å². The van der Waals surface area contributed by atoms with Crippen molar-refractivity contribution in [1.82, 2.24) is 14.8 Å². The summed E-state index contributed by atoms with van der Waals surface area (Å²) in [4.78, 5) is 23.3. The predicted molar refractivity (Wildman–Crippen MR) is 99.5 cm³/mol. The van der Waals surface area contributed by atoms with Crippen LogP contribution < -0.4 is 4.90 Å². The Labute approximate surface area is 154 Å². The molecule has 3 heterocycles. The SMILES string of the molecule is CN1CCC(CN(C)c2ncc(C(=O)N3CCOCC3)cc2Cl)CC1. The molecule has 0 aliphatic carbocycles. The average Bonchev–Trinajstić information content (AvgIpc) is 2.63. The zero-order valence-electron chi connectivity index (χ0n) is 15.1. The zero-order valence-corrected chi connectivity index (χ0v) is 15.8. The Hall–Kier alpha value is -1.37. The lowest BCUT2D eigenvalue weighted by atomic mass is 9.97. The zero-order chi connectivity index (χ0) is 17.8. The van der Waals surface area contributed by atoms with Gasteiger partial charge in [0, 0.05) is 32.9 Å². The number of likely N-dealkylation sites (tertiary alicyclic amines) is 1. The highest BCUT2D eigenvalue weighted by Crippen LogP contribution is 2.26. The number of piperidine rings is 1. The quantitative estimate of drug-likeness (QED) is 0.815. The van der Waals surface area contributed by atoms with Crippen molar-refractivity contribution in [3.05, 3.63) is 22.8 Å². The van der Waals surface area contributed by atoms with Crippen molar-refractivity contribution in [2.24, 2.45) is 5.92 Å². The van der Waals surface area contributed by atoms with E-state index in [4.69, 9.17) is 16.3 Å². The van der Waals surface area contributed by atoms with Crippen molar-refractivity contribution in [3.63, 3.8) is 0 Å². The number of carbonyl (C=O) groups is 1. The Morgan fingerprint density at radius 3 is 2.64 bits per heavy atom. The lowest BCUT2D eigenvalue weighted by Crippen LogP contribution is -2.40. The Bertz CT molecular complexity index is 599. The molecular formula is C18H27ClN4O2. The van der Waals surface area contributed by atoms with E-state index in [9.17, 15) is 4.79 Å². The molecule has 1 aromatic heterocycles. The molecule has 7 heteroatoms. The van der Waals surface area contributed by atoms with Crippen molar-refractivity contribution in [2.75, 3.05) is 64.9 Å². The second-order valence-electron chi connectivity index (χ2n) is 7.06. The number of hydrogen-bond acceptors (Lipinski definition) is 5. The molecule has 2 fully saturated rings. The first-order valence-electron chi connectivity index (χ1n) is 8.97. The van der Waals surface area contributed by atoms with Crippen LogP contribution in [-0.4, -0.2) is 80.7 Å². The maximum absolute atomic E-state index is 12.5. The molecule has 138 valence electrons. The Kier molecular flexibility index (Phi) is 6.15. The number of pyridine rings is 1. The highest BCUT2D eigenvalue weighted by molar-refractivity contribution is 6.33. The summed E-state index contributed by atoms with van der Waals surface area (Å²) >= 11 is 6.44. The highest BCUT2D eigenvalue weighted by Gasteiger charge is 2.22. The third-order valence-electron chi connectivity index (χ3n) is 5.10. The number of nitrogens with zero attached hydrogens (tertiary/aromatic N) is 4. The summed E-state index contributed by atoms with van der Waals surface area (Å²) in [6, 6.07) is 1.74. The lowest BCUT2D eigenvalue weighted by molar-refractivity contribution is 0.0302. The van der Waals surface area contributed by atoms with Gasteiger partial charge >= 0.3 is 0 Å². The third-order valence-corrected chi connectivity index (χ3v) is 5.38. The largest absolute Gasteiger partial charge is 0.378 e. The van der Waals surface area contributed by atoms with Crippen molar-refractivity contribution >= 4 is 23.3 Å². The molecule has 2 aliphatic rings. The monoisotopic (exact) mass is 366 g/mol. The van der Waals surface area contributed by atoms with E-state index in [-0.39, 0.29) is 5.91 Å². The van der Waals surface area contributed by atoms with Gasteiger partial charge in [0.05, 0.1) is 23.8 Å². The normalized spacial score (nSPS) is 19.9. The van der Waals surface area contributed by atoms with Gasteiger partial charge in [0.1, 0.15) is 5.82 Å². The van der Waals surface area contributed by atoms with Gasteiger partial charge in [-0.3, -0.25) is 4.79 Å². The van der Waals surface area contributed by atoms with Gasteiger partial charge in [0.15, 0.2) is 0 Å². The molecule has 6 nitrogen and oxygen atoms in total. The maximum Gasteiger partial charge on any atom is 0.255 e. The third kappa shape index (κ3) is 4.63. The second kappa shape index (κ2) is 8.34. The molecule has 0 unspecified atom stereocenters. The van der Waals surface area contributed by atoms with E-state index in [1.165, 1.54) is 12.8 Å². The molecule has 0 N–H and O–H groups in total. The fourth-order valence-corrected chi connectivity index (χ4v) is 3.81. The van der Waals surface area contributed by atoms with Crippen LogP contribution in [0.3, 0.4) is 0 Å². The molecule has 1 aromatic rings. The first-order valence-corrected chi connectivity index (χ1v) is 9.34. The Morgan fingerprint density at radius 2 is 2.00 bits per heavy atom. The van der Waals surface area contributed by atoms with Gasteiger partial charge < -0.3 is 19.4 Å². The molecule has 0 bridgehead atoms. The van der Waals surface area contributed by atoms with Gasteiger partial charge in [0.25, 0.3) is 5.91 Å². The number of rotatable bonds is 4.